The van der Waals surface area contributed by atoms with Gasteiger partial charge in [-0.25, -0.2) is 9.78 Å². The van der Waals surface area contributed by atoms with E-state index >= 15 is 0 Å². The zero-order valence-electron chi connectivity index (χ0n) is 19.1. The van der Waals surface area contributed by atoms with Gasteiger partial charge in [-0.3, -0.25) is 4.79 Å². The lowest BCUT2D eigenvalue weighted by Crippen LogP contribution is -2.44. The quantitative estimate of drug-likeness (QED) is 0.476. The summed E-state index contributed by atoms with van der Waals surface area (Å²) in [4.78, 5) is 32.9. The molecule has 7 nitrogen and oxygen atoms in total. The maximum Gasteiger partial charge on any atom is 0.343 e. The number of hydrogen-bond acceptors (Lipinski definition) is 6. The van der Waals surface area contributed by atoms with E-state index in [1.807, 2.05) is 24.3 Å². The minimum atomic E-state index is -1.82. The van der Waals surface area contributed by atoms with Crippen molar-refractivity contribution in [2.24, 2.45) is 0 Å². The number of likely N-dealkylation sites (N-methyl/N-ethyl adjacent to an activating group) is 1. The molecule has 0 saturated heterocycles. The highest BCUT2D eigenvalue weighted by atomic mass is 16.6. The average Bonchev–Trinajstić information content (AvgIpc) is 3.20. The van der Waals surface area contributed by atoms with E-state index < -0.39 is 11.6 Å². The first kappa shape index (κ1) is 21.6. The fourth-order valence-corrected chi connectivity index (χ4v) is 4.73. The summed E-state index contributed by atoms with van der Waals surface area (Å²) >= 11 is 0. The second-order valence-electron chi connectivity index (χ2n) is 8.73. The number of hydrogen-bond donors (Lipinski definition) is 1. The maximum absolute atomic E-state index is 13.4. The lowest BCUT2D eigenvalue weighted by Gasteiger charge is -2.31. The van der Waals surface area contributed by atoms with Crippen molar-refractivity contribution in [1.29, 1.82) is 0 Å². The number of aromatic nitrogens is 2. The van der Waals surface area contributed by atoms with Crippen molar-refractivity contribution in [3.05, 3.63) is 69.0 Å². The summed E-state index contributed by atoms with van der Waals surface area (Å²) < 4.78 is 6.85. The van der Waals surface area contributed by atoms with E-state index in [-0.39, 0.29) is 18.6 Å². The zero-order chi connectivity index (χ0) is 23.3. The molecule has 3 aromatic rings. The lowest BCUT2D eigenvalue weighted by molar-refractivity contribution is -0.172. The minimum Gasteiger partial charge on any atom is -0.458 e. The van der Waals surface area contributed by atoms with Crippen LogP contribution in [-0.2, 0) is 28.3 Å². The Balaban J connectivity index is 1.74. The summed E-state index contributed by atoms with van der Waals surface area (Å²) in [6, 6.07) is 9.70. The van der Waals surface area contributed by atoms with Crippen LogP contribution >= 0.6 is 0 Å². The second-order valence-corrected chi connectivity index (χ2v) is 8.73. The molecule has 0 amide bonds. The van der Waals surface area contributed by atoms with Gasteiger partial charge in [-0.2, -0.15) is 0 Å². The first-order valence-corrected chi connectivity index (χ1v) is 11.3. The molecule has 0 fully saturated rings. The molecule has 1 atom stereocenters. The van der Waals surface area contributed by atoms with E-state index in [9.17, 15) is 14.7 Å². The van der Waals surface area contributed by atoms with E-state index in [0.717, 1.165) is 40.8 Å². The van der Waals surface area contributed by atoms with Gasteiger partial charge in [0.2, 0.25) is 0 Å². The number of rotatable bonds is 5. The molecule has 7 heteroatoms. The molecule has 0 radical (unpaired) electrons. The van der Waals surface area contributed by atoms with Crippen LogP contribution in [0.5, 0.6) is 0 Å². The lowest BCUT2D eigenvalue weighted by atomic mass is 9.86. The van der Waals surface area contributed by atoms with Crippen molar-refractivity contribution < 1.29 is 14.6 Å². The molecular formula is C26H27N3O4. The number of carbonyl (C=O) groups is 1. The highest BCUT2D eigenvalue weighted by Crippen LogP contribution is 2.40. The largest absolute Gasteiger partial charge is 0.458 e. The van der Waals surface area contributed by atoms with E-state index in [2.05, 4.69) is 31.0 Å². The Morgan fingerprint density at radius 3 is 2.79 bits per heavy atom. The van der Waals surface area contributed by atoms with Crippen LogP contribution in [0.3, 0.4) is 0 Å². The molecule has 5 rings (SSSR count). The number of fused-ring (bicyclic) bond motifs is 5. The summed E-state index contributed by atoms with van der Waals surface area (Å²) in [5.41, 5.74) is 2.79. The average molecular weight is 446 g/mol. The van der Waals surface area contributed by atoms with Gasteiger partial charge in [0.1, 0.15) is 6.61 Å². The van der Waals surface area contributed by atoms with Gasteiger partial charge in [-0.05, 0) is 37.7 Å². The monoisotopic (exact) mass is 445 g/mol. The molecule has 170 valence electrons. The Morgan fingerprint density at radius 2 is 2.03 bits per heavy atom. The van der Waals surface area contributed by atoms with Crippen LogP contribution < -0.4 is 5.56 Å². The van der Waals surface area contributed by atoms with E-state index in [1.165, 1.54) is 0 Å². The number of benzene rings is 1. The van der Waals surface area contributed by atoms with Gasteiger partial charge in [-0.1, -0.05) is 44.2 Å². The summed E-state index contributed by atoms with van der Waals surface area (Å²) in [6.45, 7) is 5.84. The topological polar surface area (TPSA) is 84.7 Å². The maximum atomic E-state index is 13.4. The van der Waals surface area contributed by atoms with E-state index in [0.29, 0.717) is 23.4 Å². The normalized spacial score (nSPS) is 19.1. The predicted octanol–water partition coefficient (Wildman–Crippen LogP) is 3.04. The molecule has 0 aliphatic carbocycles. The molecule has 0 saturated carbocycles. The summed E-state index contributed by atoms with van der Waals surface area (Å²) in [6.07, 6.45) is 4.37. The van der Waals surface area contributed by atoms with Crippen molar-refractivity contribution in [2.75, 3.05) is 20.1 Å². The summed E-state index contributed by atoms with van der Waals surface area (Å²) in [5.74, 6) is -0.713. The predicted molar refractivity (Wildman–Crippen MR) is 127 cm³/mol. The Hall–Kier alpha value is -3.29. The minimum absolute atomic E-state index is 0.124. The molecule has 4 heterocycles. The SMILES string of the molecule is CCN(C)C/C=C/c1c2c(nc3ccccc13)-c1cc3c(c(=O)n1C2)COC(=O)[C@]3(O)CC. The van der Waals surface area contributed by atoms with Crippen molar-refractivity contribution in [2.45, 2.75) is 39.0 Å². The van der Waals surface area contributed by atoms with E-state index in [1.54, 1.807) is 17.6 Å². The molecular weight excluding hydrogens is 418 g/mol. The molecule has 2 aromatic heterocycles. The third kappa shape index (κ3) is 3.22. The number of pyridine rings is 2. The smallest absolute Gasteiger partial charge is 0.343 e. The van der Waals surface area contributed by atoms with Crippen molar-refractivity contribution >= 4 is 22.9 Å². The van der Waals surface area contributed by atoms with Gasteiger partial charge in [0, 0.05) is 23.1 Å². The third-order valence-corrected chi connectivity index (χ3v) is 6.88. The molecule has 2 aliphatic heterocycles. The van der Waals surface area contributed by atoms with Gasteiger partial charge in [0.15, 0.2) is 5.60 Å². The van der Waals surface area contributed by atoms with Crippen LogP contribution in [0.2, 0.25) is 0 Å². The Bertz CT molecular complexity index is 1370. The van der Waals surface area contributed by atoms with Gasteiger partial charge in [0.25, 0.3) is 5.56 Å². The molecule has 0 unspecified atom stereocenters. The van der Waals surface area contributed by atoms with Crippen LogP contribution in [0.1, 0.15) is 42.5 Å². The summed E-state index contributed by atoms with van der Waals surface area (Å²) in [5, 5.41) is 12.1. The Morgan fingerprint density at radius 1 is 1.24 bits per heavy atom. The number of aliphatic hydroxyl groups is 1. The van der Waals surface area contributed by atoms with Crippen molar-refractivity contribution in [3.8, 4) is 11.4 Å². The molecule has 2 aliphatic rings. The highest BCUT2D eigenvalue weighted by molar-refractivity contribution is 5.93. The van der Waals surface area contributed by atoms with Crippen LogP contribution in [-0.4, -0.2) is 45.7 Å². The number of cyclic esters (lactones) is 1. The molecule has 1 N–H and O–H groups in total. The van der Waals surface area contributed by atoms with Gasteiger partial charge < -0.3 is 19.3 Å². The fourth-order valence-electron chi connectivity index (χ4n) is 4.73. The van der Waals surface area contributed by atoms with Crippen LogP contribution in [0.4, 0.5) is 0 Å². The number of ether oxygens (including phenoxy) is 1. The highest BCUT2D eigenvalue weighted by Gasteiger charge is 2.45. The van der Waals surface area contributed by atoms with Crippen molar-refractivity contribution in [1.82, 2.24) is 14.5 Å². The summed E-state index contributed by atoms with van der Waals surface area (Å²) in [7, 11) is 2.07. The zero-order valence-corrected chi connectivity index (χ0v) is 19.1. The van der Waals surface area contributed by atoms with Crippen LogP contribution in [0, 0.1) is 0 Å². The third-order valence-electron chi connectivity index (χ3n) is 6.88. The second kappa shape index (κ2) is 7.93. The molecule has 0 bridgehead atoms. The van der Waals surface area contributed by atoms with Gasteiger partial charge >= 0.3 is 5.97 Å². The van der Waals surface area contributed by atoms with E-state index in [4.69, 9.17) is 9.72 Å². The van der Waals surface area contributed by atoms with Crippen molar-refractivity contribution in [3.63, 3.8) is 0 Å². The molecule has 1 aromatic carbocycles. The van der Waals surface area contributed by atoms with Gasteiger partial charge in [-0.15, -0.1) is 0 Å². The number of esters is 1. The van der Waals surface area contributed by atoms with Crippen LogP contribution in [0.25, 0.3) is 28.4 Å². The Labute approximate surface area is 191 Å². The Kier molecular flexibility index (Phi) is 5.18. The first-order chi connectivity index (χ1) is 15.9. The first-order valence-electron chi connectivity index (χ1n) is 11.3. The number of nitrogens with zero attached hydrogens (tertiary/aromatic N) is 3. The van der Waals surface area contributed by atoms with Gasteiger partial charge in [0.05, 0.1) is 29.0 Å². The molecule has 33 heavy (non-hydrogen) atoms. The number of para-hydroxylation sites is 1. The van der Waals surface area contributed by atoms with Crippen LogP contribution in [0.15, 0.2) is 41.2 Å². The number of carbonyl (C=O) groups excluding carboxylic acids is 1. The molecule has 0 spiro atoms. The standard InChI is InChI=1S/C26H27N3O4/c1-4-26(32)20-13-22-23-18(14-29(22)24(30)19(20)15-33-25(26)31)16(10-8-12-28(3)5-2)17-9-6-7-11-21(17)27-23/h6-11,13,32H,4-5,12,14-15H2,1-3H3/b10-8+/t26-/m0/s1. The fraction of sp³-hybridized carbons (Fsp3) is 0.346.